The third kappa shape index (κ3) is 5.32. The summed E-state index contributed by atoms with van der Waals surface area (Å²) in [5.74, 6) is 1.54. The molecule has 168 valence electrons. The van der Waals surface area contributed by atoms with E-state index in [0.29, 0.717) is 36.2 Å². The SMILES string of the molecule is COc1ccc(OC)c(N(CC(=O)NC(C)c2ccc3c(c2)OCCO3)S(C)(=O)=O)c1. The molecule has 0 saturated heterocycles. The van der Waals surface area contributed by atoms with Crippen LogP contribution in [0.1, 0.15) is 18.5 Å². The van der Waals surface area contributed by atoms with Crippen LogP contribution < -0.4 is 28.6 Å². The molecule has 0 saturated carbocycles. The molecule has 1 heterocycles. The molecule has 0 spiro atoms. The number of hydrogen-bond donors (Lipinski definition) is 1. The summed E-state index contributed by atoms with van der Waals surface area (Å²) in [6, 6.07) is 9.79. The predicted molar refractivity (Wildman–Crippen MR) is 116 cm³/mol. The van der Waals surface area contributed by atoms with Crippen LogP contribution in [0.15, 0.2) is 36.4 Å². The molecule has 3 rings (SSSR count). The van der Waals surface area contributed by atoms with E-state index in [4.69, 9.17) is 18.9 Å². The zero-order valence-electron chi connectivity index (χ0n) is 17.9. The number of rotatable bonds is 8. The van der Waals surface area contributed by atoms with Crippen LogP contribution in [0.2, 0.25) is 0 Å². The third-order valence-corrected chi connectivity index (χ3v) is 5.91. The standard InChI is InChI=1S/C21H26N2O7S/c1-14(15-5-7-19-20(11-15)30-10-9-29-19)22-21(24)13-23(31(4,25)26)17-12-16(27-2)6-8-18(17)28-3/h5-8,11-12,14H,9-10,13H2,1-4H3,(H,22,24). The fourth-order valence-corrected chi connectivity index (χ4v) is 4.05. The lowest BCUT2D eigenvalue weighted by atomic mass is 10.1. The van der Waals surface area contributed by atoms with Gasteiger partial charge >= 0.3 is 0 Å². The van der Waals surface area contributed by atoms with E-state index >= 15 is 0 Å². The molecule has 0 aromatic heterocycles. The summed E-state index contributed by atoms with van der Waals surface area (Å²) in [5.41, 5.74) is 1.02. The molecule has 10 heteroatoms. The predicted octanol–water partition coefficient (Wildman–Crippen LogP) is 2.12. The van der Waals surface area contributed by atoms with Crippen LogP contribution in [0.5, 0.6) is 23.0 Å². The van der Waals surface area contributed by atoms with Crippen molar-refractivity contribution < 1.29 is 32.2 Å². The first-order valence-corrected chi connectivity index (χ1v) is 11.5. The van der Waals surface area contributed by atoms with Gasteiger partial charge in [0.05, 0.1) is 32.2 Å². The maximum atomic E-state index is 12.8. The van der Waals surface area contributed by atoms with Crippen molar-refractivity contribution in [2.75, 3.05) is 44.5 Å². The zero-order valence-corrected chi connectivity index (χ0v) is 18.7. The van der Waals surface area contributed by atoms with Gasteiger partial charge in [-0.1, -0.05) is 6.07 Å². The highest BCUT2D eigenvalue weighted by atomic mass is 32.2. The molecule has 0 bridgehead atoms. The molecule has 0 fully saturated rings. The van der Waals surface area contributed by atoms with E-state index in [1.165, 1.54) is 20.3 Å². The maximum Gasteiger partial charge on any atom is 0.241 e. The molecule has 1 aliphatic heterocycles. The summed E-state index contributed by atoms with van der Waals surface area (Å²) in [4.78, 5) is 12.8. The number of carbonyl (C=O) groups is 1. The smallest absolute Gasteiger partial charge is 0.241 e. The van der Waals surface area contributed by atoms with Crippen molar-refractivity contribution >= 4 is 21.6 Å². The fraction of sp³-hybridized carbons (Fsp3) is 0.381. The van der Waals surface area contributed by atoms with Gasteiger partial charge in [-0.05, 0) is 36.8 Å². The lowest BCUT2D eigenvalue weighted by molar-refractivity contribution is -0.120. The number of hydrogen-bond acceptors (Lipinski definition) is 7. The van der Waals surface area contributed by atoms with Gasteiger partial charge in [0.15, 0.2) is 11.5 Å². The van der Waals surface area contributed by atoms with Crippen LogP contribution in [0.3, 0.4) is 0 Å². The number of amides is 1. The molecule has 2 aromatic rings. The summed E-state index contributed by atoms with van der Waals surface area (Å²) in [5, 5.41) is 2.83. The second kappa shape index (κ2) is 9.34. The highest BCUT2D eigenvalue weighted by molar-refractivity contribution is 7.92. The molecule has 0 aliphatic carbocycles. The number of nitrogens with one attached hydrogen (secondary N) is 1. The second-order valence-corrected chi connectivity index (χ2v) is 8.91. The Balaban J connectivity index is 1.79. The summed E-state index contributed by atoms with van der Waals surface area (Å²) in [6.07, 6.45) is 1.03. The van der Waals surface area contributed by atoms with Gasteiger partial charge in [-0.3, -0.25) is 9.10 Å². The Morgan fingerprint density at radius 2 is 1.81 bits per heavy atom. The van der Waals surface area contributed by atoms with Gasteiger partial charge in [0.25, 0.3) is 0 Å². The topological polar surface area (TPSA) is 103 Å². The van der Waals surface area contributed by atoms with Crippen molar-refractivity contribution in [2.24, 2.45) is 0 Å². The molecular formula is C21H26N2O7S. The van der Waals surface area contributed by atoms with Gasteiger partial charge in [-0.15, -0.1) is 0 Å². The van der Waals surface area contributed by atoms with Crippen molar-refractivity contribution in [3.8, 4) is 23.0 Å². The normalized spacial score (nSPS) is 13.8. The Morgan fingerprint density at radius 3 is 2.45 bits per heavy atom. The second-order valence-electron chi connectivity index (χ2n) is 7.00. The largest absolute Gasteiger partial charge is 0.497 e. The minimum absolute atomic E-state index is 0.214. The lowest BCUT2D eigenvalue weighted by Crippen LogP contribution is -2.41. The van der Waals surface area contributed by atoms with Gasteiger partial charge in [-0.2, -0.15) is 0 Å². The van der Waals surface area contributed by atoms with Crippen molar-refractivity contribution in [3.63, 3.8) is 0 Å². The number of benzene rings is 2. The van der Waals surface area contributed by atoms with E-state index in [9.17, 15) is 13.2 Å². The monoisotopic (exact) mass is 450 g/mol. The van der Waals surface area contributed by atoms with E-state index in [0.717, 1.165) is 16.1 Å². The number of methoxy groups -OCH3 is 2. The van der Waals surface area contributed by atoms with Crippen LogP contribution in [-0.2, 0) is 14.8 Å². The molecule has 31 heavy (non-hydrogen) atoms. The highest BCUT2D eigenvalue weighted by Crippen LogP contribution is 2.34. The van der Waals surface area contributed by atoms with Gasteiger partial charge in [0.2, 0.25) is 15.9 Å². The summed E-state index contributed by atoms with van der Waals surface area (Å²) < 4.78 is 47.5. The molecule has 2 aromatic carbocycles. The molecule has 1 aliphatic rings. The molecule has 9 nitrogen and oxygen atoms in total. The van der Waals surface area contributed by atoms with E-state index in [2.05, 4.69) is 5.32 Å². The Bertz CT molecular complexity index is 1060. The minimum Gasteiger partial charge on any atom is -0.497 e. The first kappa shape index (κ1) is 22.5. The highest BCUT2D eigenvalue weighted by Gasteiger charge is 2.25. The summed E-state index contributed by atoms with van der Waals surface area (Å²) in [6.45, 7) is 2.34. The lowest BCUT2D eigenvalue weighted by Gasteiger charge is -2.25. The van der Waals surface area contributed by atoms with E-state index in [1.807, 2.05) is 6.07 Å². The number of ether oxygens (including phenoxy) is 4. The Kier molecular flexibility index (Phi) is 6.79. The van der Waals surface area contributed by atoms with Crippen molar-refractivity contribution in [1.29, 1.82) is 0 Å². The molecule has 1 N–H and O–H groups in total. The average Bonchev–Trinajstić information content (AvgIpc) is 2.75. The first-order chi connectivity index (χ1) is 14.7. The van der Waals surface area contributed by atoms with Crippen LogP contribution in [0.25, 0.3) is 0 Å². The molecule has 1 atom stereocenters. The molecule has 1 unspecified atom stereocenters. The van der Waals surface area contributed by atoms with Gasteiger partial charge < -0.3 is 24.3 Å². The van der Waals surface area contributed by atoms with Gasteiger partial charge in [-0.25, -0.2) is 8.42 Å². The fourth-order valence-electron chi connectivity index (χ4n) is 3.20. The number of carbonyl (C=O) groups excluding carboxylic acids is 1. The third-order valence-electron chi connectivity index (χ3n) is 4.79. The molecule has 1 amide bonds. The van der Waals surface area contributed by atoms with Crippen molar-refractivity contribution in [1.82, 2.24) is 5.32 Å². The summed E-state index contributed by atoms with van der Waals surface area (Å²) >= 11 is 0. The van der Waals surface area contributed by atoms with Crippen molar-refractivity contribution in [3.05, 3.63) is 42.0 Å². The number of nitrogens with zero attached hydrogens (tertiary/aromatic N) is 1. The Labute approximate surface area is 181 Å². The maximum absolute atomic E-state index is 12.8. The molecular weight excluding hydrogens is 424 g/mol. The summed E-state index contributed by atoms with van der Waals surface area (Å²) in [7, 11) is -0.886. The van der Waals surface area contributed by atoms with Crippen LogP contribution in [-0.4, -0.2) is 54.6 Å². The first-order valence-electron chi connectivity index (χ1n) is 9.61. The number of sulfonamides is 1. The number of fused-ring (bicyclic) bond motifs is 1. The Morgan fingerprint density at radius 1 is 1.10 bits per heavy atom. The van der Waals surface area contributed by atoms with E-state index < -0.39 is 22.5 Å². The Hall–Kier alpha value is -3.14. The molecule has 0 radical (unpaired) electrons. The quantitative estimate of drug-likeness (QED) is 0.657. The van der Waals surface area contributed by atoms with Gasteiger partial charge in [0.1, 0.15) is 31.3 Å². The van der Waals surface area contributed by atoms with E-state index in [-0.39, 0.29) is 11.7 Å². The van der Waals surface area contributed by atoms with Crippen LogP contribution in [0, 0.1) is 0 Å². The van der Waals surface area contributed by atoms with Crippen molar-refractivity contribution in [2.45, 2.75) is 13.0 Å². The average molecular weight is 451 g/mol. The van der Waals surface area contributed by atoms with Crippen LogP contribution >= 0.6 is 0 Å². The number of anilines is 1. The van der Waals surface area contributed by atoms with E-state index in [1.54, 1.807) is 31.2 Å². The zero-order chi connectivity index (χ0) is 22.6. The minimum atomic E-state index is -3.78. The van der Waals surface area contributed by atoms with Gasteiger partial charge in [0, 0.05) is 6.07 Å². The van der Waals surface area contributed by atoms with Crippen LogP contribution in [0.4, 0.5) is 5.69 Å².